The zero-order valence-corrected chi connectivity index (χ0v) is 15.8. The Morgan fingerprint density at radius 1 is 1.07 bits per heavy atom. The molecule has 0 radical (unpaired) electrons. The van der Waals surface area contributed by atoms with E-state index in [0.29, 0.717) is 24.3 Å². The highest BCUT2D eigenvalue weighted by Gasteiger charge is 2.22. The lowest BCUT2D eigenvalue weighted by Crippen LogP contribution is -2.23. The van der Waals surface area contributed by atoms with Crippen LogP contribution >= 0.6 is 0 Å². The van der Waals surface area contributed by atoms with Gasteiger partial charge >= 0.3 is 0 Å². The molecular formula is C21H21N5O2. The van der Waals surface area contributed by atoms with Gasteiger partial charge in [-0.05, 0) is 50.6 Å². The molecule has 0 spiro atoms. The summed E-state index contributed by atoms with van der Waals surface area (Å²) in [6.45, 7) is 4.54. The first-order chi connectivity index (χ1) is 13.5. The Balaban J connectivity index is 1.55. The molecule has 1 aliphatic rings. The van der Waals surface area contributed by atoms with Gasteiger partial charge in [0.1, 0.15) is 0 Å². The van der Waals surface area contributed by atoms with Crippen molar-refractivity contribution in [3.63, 3.8) is 0 Å². The number of anilines is 2. The number of benzene rings is 2. The topological polar surface area (TPSA) is 80.1 Å². The summed E-state index contributed by atoms with van der Waals surface area (Å²) in [5.74, 6) is -0.221. The lowest BCUT2D eigenvalue weighted by molar-refractivity contribution is -0.117. The quantitative estimate of drug-likeness (QED) is 0.759. The van der Waals surface area contributed by atoms with Crippen molar-refractivity contribution in [3.8, 4) is 5.69 Å². The van der Waals surface area contributed by atoms with Crippen LogP contribution in [-0.4, -0.2) is 33.4 Å². The zero-order valence-electron chi connectivity index (χ0n) is 15.8. The van der Waals surface area contributed by atoms with Crippen LogP contribution in [0.3, 0.4) is 0 Å². The average Bonchev–Trinajstić information content (AvgIpc) is 3.28. The number of amides is 2. The van der Waals surface area contributed by atoms with Crippen LogP contribution in [0.15, 0.2) is 48.5 Å². The van der Waals surface area contributed by atoms with Gasteiger partial charge < -0.3 is 10.2 Å². The van der Waals surface area contributed by atoms with Crippen molar-refractivity contribution in [1.82, 2.24) is 15.0 Å². The normalized spacial score (nSPS) is 13.8. The first-order valence-corrected chi connectivity index (χ1v) is 9.24. The number of rotatable bonds is 4. The summed E-state index contributed by atoms with van der Waals surface area (Å²) < 4.78 is 1.65. The number of aryl methyl sites for hydroxylation is 1. The maximum Gasteiger partial charge on any atom is 0.278 e. The number of hydrogen-bond acceptors (Lipinski definition) is 4. The van der Waals surface area contributed by atoms with E-state index in [1.807, 2.05) is 50.2 Å². The smallest absolute Gasteiger partial charge is 0.278 e. The predicted molar refractivity (Wildman–Crippen MR) is 107 cm³/mol. The molecule has 28 heavy (non-hydrogen) atoms. The van der Waals surface area contributed by atoms with Gasteiger partial charge in [-0.25, -0.2) is 4.68 Å². The van der Waals surface area contributed by atoms with E-state index in [0.717, 1.165) is 23.4 Å². The third-order valence-corrected chi connectivity index (χ3v) is 4.88. The van der Waals surface area contributed by atoms with Crippen LogP contribution < -0.4 is 10.2 Å². The SMILES string of the molecule is Cc1ccc(-n2nnc(C(=O)Nc3cccc(N4CCCC4=O)c3)c2C)cc1. The molecule has 0 bridgehead atoms. The molecule has 4 rings (SSSR count). The van der Waals surface area contributed by atoms with E-state index < -0.39 is 0 Å². The van der Waals surface area contributed by atoms with Crippen LogP contribution in [0, 0.1) is 13.8 Å². The van der Waals surface area contributed by atoms with E-state index >= 15 is 0 Å². The fourth-order valence-electron chi connectivity index (χ4n) is 3.33. The molecule has 2 heterocycles. The molecule has 1 saturated heterocycles. The summed E-state index contributed by atoms with van der Waals surface area (Å²) in [5.41, 5.74) is 4.34. The van der Waals surface area contributed by atoms with Gasteiger partial charge in [0.15, 0.2) is 5.69 Å². The van der Waals surface area contributed by atoms with Gasteiger partial charge in [0.25, 0.3) is 5.91 Å². The molecule has 0 atom stereocenters. The number of nitrogens with zero attached hydrogens (tertiary/aromatic N) is 4. The average molecular weight is 375 g/mol. The number of carbonyl (C=O) groups is 2. The number of carbonyl (C=O) groups excluding carboxylic acids is 2. The number of aromatic nitrogens is 3. The Morgan fingerprint density at radius 3 is 2.57 bits per heavy atom. The van der Waals surface area contributed by atoms with Crippen LogP contribution in [0.1, 0.15) is 34.6 Å². The summed E-state index contributed by atoms with van der Waals surface area (Å²) in [5, 5.41) is 11.0. The van der Waals surface area contributed by atoms with Gasteiger partial charge in [-0.3, -0.25) is 9.59 Å². The third-order valence-electron chi connectivity index (χ3n) is 4.88. The third kappa shape index (κ3) is 3.38. The van der Waals surface area contributed by atoms with Gasteiger partial charge in [-0.2, -0.15) is 0 Å². The summed E-state index contributed by atoms with van der Waals surface area (Å²) in [7, 11) is 0. The Bertz CT molecular complexity index is 1040. The maximum absolute atomic E-state index is 12.7. The maximum atomic E-state index is 12.7. The van der Waals surface area contributed by atoms with Crippen molar-refractivity contribution in [2.24, 2.45) is 0 Å². The molecule has 1 aromatic heterocycles. The van der Waals surface area contributed by atoms with Crippen LogP contribution in [0.4, 0.5) is 11.4 Å². The first kappa shape index (κ1) is 17.9. The van der Waals surface area contributed by atoms with Crippen molar-refractivity contribution in [3.05, 3.63) is 65.5 Å². The largest absolute Gasteiger partial charge is 0.320 e. The van der Waals surface area contributed by atoms with Crippen molar-refractivity contribution < 1.29 is 9.59 Å². The Labute approximate surface area is 163 Å². The van der Waals surface area contributed by atoms with Gasteiger partial charge in [0.05, 0.1) is 11.4 Å². The molecule has 7 heteroatoms. The fourth-order valence-corrected chi connectivity index (χ4v) is 3.33. The van der Waals surface area contributed by atoms with Gasteiger partial charge in [0.2, 0.25) is 5.91 Å². The van der Waals surface area contributed by atoms with E-state index in [2.05, 4.69) is 15.6 Å². The Hall–Kier alpha value is -3.48. The van der Waals surface area contributed by atoms with E-state index in [9.17, 15) is 9.59 Å². The zero-order chi connectivity index (χ0) is 19.7. The van der Waals surface area contributed by atoms with Crippen LogP contribution in [0.2, 0.25) is 0 Å². The standard InChI is InChI=1S/C21H21N5O2/c1-14-8-10-17(11-9-14)26-15(2)20(23-24-26)21(28)22-16-5-3-6-18(13-16)25-12-4-7-19(25)27/h3,5-6,8-11,13H,4,7,12H2,1-2H3,(H,22,28). The molecule has 3 aromatic rings. The highest BCUT2D eigenvalue weighted by molar-refractivity contribution is 6.04. The number of hydrogen-bond donors (Lipinski definition) is 1. The Morgan fingerprint density at radius 2 is 1.86 bits per heavy atom. The second-order valence-electron chi connectivity index (χ2n) is 6.92. The molecule has 1 aliphatic heterocycles. The molecule has 2 amide bonds. The van der Waals surface area contributed by atoms with Crippen molar-refractivity contribution in [2.75, 3.05) is 16.8 Å². The minimum absolute atomic E-state index is 0.111. The summed E-state index contributed by atoms with van der Waals surface area (Å²) in [4.78, 5) is 26.4. The second kappa shape index (κ2) is 7.26. The fraction of sp³-hybridized carbons (Fsp3) is 0.238. The van der Waals surface area contributed by atoms with Crippen molar-refractivity contribution in [2.45, 2.75) is 26.7 Å². The minimum atomic E-state index is -0.333. The number of nitrogens with one attached hydrogen (secondary N) is 1. The van der Waals surface area contributed by atoms with Crippen molar-refractivity contribution in [1.29, 1.82) is 0 Å². The van der Waals surface area contributed by atoms with Gasteiger partial charge in [0, 0.05) is 24.3 Å². The predicted octanol–water partition coefficient (Wildman–Crippen LogP) is 3.26. The van der Waals surface area contributed by atoms with Gasteiger partial charge in [-0.15, -0.1) is 5.10 Å². The summed E-state index contributed by atoms with van der Waals surface area (Å²) in [6, 6.07) is 15.2. The molecule has 1 N–H and O–H groups in total. The molecule has 0 saturated carbocycles. The lowest BCUT2D eigenvalue weighted by Gasteiger charge is -2.16. The van der Waals surface area contributed by atoms with Crippen LogP contribution in [0.25, 0.3) is 5.69 Å². The second-order valence-corrected chi connectivity index (χ2v) is 6.92. The molecule has 142 valence electrons. The van der Waals surface area contributed by atoms with E-state index in [1.54, 1.807) is 21.7 Å². The minimum Gasteiger partial charge on any atom is -0.320 e. The molecule has 7 nitrogen and oxygen atoms in total. The van der Waals surface area contributed by atoms with E-state index in [-0.39, 0.29) is 17.5 Å². The highest BCUT2D eigenvalue weighted by atomic mass is 16.2. The summed E-state index contributed by atoms with van der Waals surface area (Å²) >= 11 is 0. The lowest BCUT2D eigenvalue weighted by atomic mass is 10.2. The van der Waals surface area contributed by atoms with Crippen LogP contribution in [-0.2, 0) is 4.79 Å². The summed E-state index contributed by atoms with van der Waals surface area (Å²) in [6.07, 6.45) is 1.43. The first-order valence-electron chi connectivity index (χ1n) is 9.24. The molecule has 0 aliphatic carbocycles. The monoisotopic (exact) mass is 375 g/mol. The van der Waals surface area contributed by atoms with Crippen molar-refractivity contribution >= 4 is 23.2 Å². The molecule has 2 aromatic carbocycles. The van der Waals surface area contributed by atoms with E-state index in [1.165, 1.54) is 0 Å². The van der Waals surface area contributed by atoms with E-state index in [4.69, 9.17) is 0 Å². The molecule has 0 unspecified atom stereocenters. The Kier molecular flexibility index (Phi) is 4.65. The molecular weight excluding hydrogens is 354 g/mol. The van der Waals surface area contributed by atoms with Crippen LogP contribution in [0.5, 0.6) is 0 Å². The van der Waals surface area contributed by atoms with Gasteiger partial charge in [-0.1, -0.05) is 29.0 Å². The highest BCUT2D eigenvalue weighted by Crippen LogP contribution is 2.24. The molecule has 1 fully saturated rings.